The first-order chi connectivity index (χ1) is 43.2. The van der Waals surface area contributed by atoms with Crippen LogP contribution in [0.5, 0.6) is 11.5 Å². The molecule has 0 aromatic heterocycles. The van der Waals surface area contributed by atoms with Gasteiger partial charge in [0.15, 0.2) is 0 Å². The fourth-order valence-corrected chi connectivity index (χ4v) is 15.7. The van der Waals surface area contributed by atoms with E-state index in [1.54, 1.807) is 0 Å². The topological polar surface area (TPSA) is 44.8 Å². The summed E-state index contributed by atoms with van der Waals surface area (Å²) in [6, 6.07) is 17.7. The van der Waals surface area contributed by atoms with Gasteiger partial charge < -0.3 is 13.8 Å². The molecule has 0 bridgehead atoms. The molecule has 0 fully saturated rings. The zero-order valence-electron chi connectivity index (χ0n) is 58.6. The average Bonchev–Trinajstić information content (AvgIpc) is 3.72. The van der Waals surface area contributed by atoms with Gasteiger partial charge in [-0.2, -0.15) is 0 Å². The van der Waals surface area contributed by atoms with E-state index >= 15 is 0 Å². The van der Waals surface area contributed by atoms with Crippen molar-refractivity contribution < 1.29 is 18.6 Å². The maximum atomic E-state index is 12.2. The second-order valence-corrected chi connectivity index (χ2v) is 30.2. The summed E-state index contributed by atoms with van der Waals surface area (Å²) < 4.78 is 19.5. The van der Waals surface area contributed by atoms with Crippen LogP contribution >= 0.6 is 19.0 Å². The lowest BCUT2D eigenvalue weighted by Crippen LogP contribution is -2.05. The fourth-order valence-electron chi connectivity index (χ4n) is 12.7. The number of carbonyl (C=O) groups excluding carboxylic acids is 1. The number of aryl methyl sites for hydroxylation is 2. The highest BCUT2D eigenvalue weighted by molar-refractivity contribution is 8.53. The molecule has 2 aromatic rings. The maximum Gasteiger partial charge on any atom is 0.360 e. The largest absolute Gasteiger partial charge is 0.466 e. The highest BCUT2D eigenvalue weighted by atomic mass is 32.7. The Balaban J connectivity index is 1.61. The number of benzene rings is 2. The molecule has 2 aromatic carbocycles. The summed E-state index contributed by atoms with van der Waals surface area (Å²) >= 11 is 1.92. The minimum Gasteiger partial charge on any atom is -0.466 e. The summed E-state index contributed by atoms with van der Waals surface area (Å²) in [6.07, 6.45) is 84.7. The van der Waals surface area contributed by atoms with Crippen molar-refractivity contribution in [2.24, 2.45) is 0 Å². The molecule has 4 nitrogen and oxygen atoms in total. The van der Waals surface area contributed by atoms with E-state index in [1.807, 2.05) is 11.4 Å². The van der Waals surface area contributed by atoms with Crippen LogP contribution in [0.3, 0.4) is 0 Å². The lowest BCUT2D eigenvalue weighted by molar-refractivity contribution is -0.143. The number of carbonyl (C=O) groups is 1. The Morgan fingerprint density at radius 2 is 0.540 bits per heavy atom. The highest BCUT2D eigenvalue weighted by Crippen LogP contribution is 2.53. The molecule has 0 atom stereocenters. The molecule has 0 N–H and O–H groups in total. The predicted octanol–water partition coefficient (Wildman–Crippen LogP) is 29.6. The number of para-hydroxylation sites is 2. The molecule has 0 saturated heterocycles. The van der Waals surface area contributed by atoms with Gasteiger partial charge in [0, 0.05) is 12.2 Å². The molecule has 0 radical (unpaired) electrons. The molecule has 0 saturated carbocycles. The number of hydrogen-bond acceptors (Lipinski definition) is 5. The van der Waals surface area contributed by atoms with Crippen molar-refractivity contribution in [2.75, 3.05) is 12.4 Å². The van der Waals surface area contributed by atoms with Crippen LogP contribution in [0.1, 0.15) is 424 Å². The van der Waals surface area contributed by atoms with E-state index in [-0.39, 0.29) is 5.97 Å². The van der Waals surface area contributed by atoms with Gasteiger partial charge in [0.25, 0.3) is 0 Å². The van der Waals surface area contributed by atoms with Crippen molar-refractivity contribution in [1.82, 2.24) is 0 Å². The third-order valence-electron chi connectivity index (χ3n) is 18.6. The first kappa shape index (κ1) is 81.4. The van der Waals surface area contributed by atoms with Crippen LogP contribution in [0.4, 0.5) is 0 Å². The minimum atomic E-state index is -1.18. The smallest absolute Gasteiger partial charge is 0.360 e. The zero-order chi connectivity index (χ0) is 61.9. The van der Waals surface area contributed by atoms with Crippen molar-refractivity contribution >= 4 is 24.9 Å². The van der Waals surface area contributed by atoms with Crippen LogP contribution in [-0.2, 0) is 22.4 Å². The maximum absolute atomic E-state index is 12.2. The Morgan fingerprint density at radius 1 is 0.299 bits per heavy atom. The highest BCUT2D eigenvalue weighted by Gasteiger charge is 2.20. The van der Waals surface area contributed by atoms with Crippen LogP contribution in [0.15, 0.2) is 48.5 Å². The molecule has 0 aliphatic rings. The summed E-state index contributed by atoms with van der Waals surface area (Å²) in [5, 5.41) is 0. The minimum absolute atomic E-state index is 0.0228. The van der Waals surface area contributed by atoms with Gasteiger partial charge in [-0.05, 0) is 79.6 Å². The van der Waals surface area contributed by atoms with Gasteiger partial charge in [-0.15, -0.1) is 0 Å². The molecule has 0 aliphatic carbocycles. The van der Waals surface area contributed by atoms with Crippen molar-refractivity contribution in [3.8, 4) is 11.5 Å². The van der Waals surface area contributed by atoms with Crippen LogP contribution in [0.25, 0.3) is 0 Å². The number of unbranched alkanes of at least 4 members (excludes halogenated alkanes) is 56. The number of hydrogen-bond donors (Lipinski definition) is 0. The number of rotatable bonds is 71. The summed E-state index contributed by atoms with van der Waals surface area (Å²) in [4.78, 5) is 12.2. The van der Waals surface area contributed by atoms with Gasteiger partial charge in [0.05, 0.1) is 6.61 Å². The third-order valence-corrected chi connectivity index (χ3v) is 21.6. The van der Waals surface area contributed by atoms with Crippen LogP contribution < -0.4 is 9.05 Å². The Morgan fingerprint density at radius 3 is 0.839 bits per heavy atom. The number of ether oxygens (including phenoxy) is 1. The lowest BCUT2D eigenvalue weighted by Gasteiger charge is -2.21. The fraction of sp³-hybridized carbons (Fsp3) is 0.840. The van der Waals surface area contributed by atoms with E-state index in [2.05, 4.69) is 69.3 Å². The van der Waals surface area contributed by atoms with Crippen LogP contribution in [0, 0.1) is 0 Å². The van der Waals surface area contributed by atoms with E-state index < -0.39 is 7.58 Å². The van der Waals surface area contributed by atoms with Gasteiger partial charge in [-0.3, -0.25) is 4.79 Å². The van der Waals surface area contributed by atoms with Crippen LogP contribution in [0.2, 0.25) is 0 Å². The van der Waals surface area contributed by atoms with E-state index in [4.69, 9.17) is 13.8 Å². The Hall–Kier alpha value is -1.71. The summed E-state index contributed by atoms with van der Waals surface area (Å²) in [7, 11) is -1.18. The Bertz CT molecular complexity index is 1610. The van der Waals surface area contributed by atoms with Gasteiger partial charge in [-0.1, -0.05) is 410 Å². The SMILES string of the molecule is CCCCCCCCCCCCCCCCCOC(=O)CCCCCCCCCCCCCCCCCSP(Oc1ccccc1CCCCCCCCCCCCCCCCC)Oc1ccccc1CCCCCCCCCCCCCCCCC. The second-order valence-electron chi connectivity index (χ2n) is 27.1. The molecular weight excluding hydrogens is 1100 g/mol. The van der Waals surface area contributed by atoms with Gasteiger partial charge in [0.2, 0.25) is 0 Å². The molecule has 0 amide bonds. The zero-order valence-corrected chi connectivity index (χ0v) is 60.3. The molecule has 2 rings (SSSR count). The van der Waals surface area contributed by atoms with E-state index in [0.717, 1.165) is 49.4 Å². The molecular formula is C81H147O4PS. The molecule has 87 heavy (non-hydrogen) atoms. The average molecular weight is 1250 g/mol. The molecule has 0 aliphatic heterocycles. The van der Waals surface area contributed by atoms with Crippen molar-refractivity contribution in [2.45, 2.75) is 425 Å². The van der Waals surface area contributed by atoms with Gasteiger partial charge in [-0.25, -0.2) is 0 Å². The van der Waals surface area contributed by atoms with E-state index in [0.29, 0.717) is 13.0 Å². The first-order valence-electron chi connectivity index (χ1n) is 39.3. The summed E-state index contributed by atoms with van der Waals surface area (Å²) in [5.41, 5.74) is 2.69. The standard InChI is InChI=1S/C81H147O4PS/c1-4-7-10-13-16-19-22-25-29-34-39-44-49-54-59-68-77-70-62-64-72-79(77)84-86(85-80-73-65-63-71-78(80)69-60-55-50-45-40-35-30-26-23-20-17-14-11-8-5-2)87-76-67-58-53-48-43-38-33-28-31-36-41-46-51-56-61-74-81(82)83-75-66-57-52-47-42-37-32-27-24-21-18-15-12-9-6-3/h62-65,70-73H,4-61,66-69,74-76H2,1-3H3. The third kappa shape index (κ3) is 55.6. The summed E-state index contributed by atoms with van der Waals surface area (Å²) in [5.74, 6) is 3.18. The van der Waals surface area contributed by atoms with Gasteiger partial charge in [0.1, 0.15) is 11.5 Å². The molecule has 6 heteroatoms. The second kappa shape index (κ2) is 67.2. The van der Waals surface area contributed by atoms with Crippen LogP contribution in [-0.4, -0.2) is 18.3 Å². The Kier molecular flexibility index (Phi) is 62.8. The normalized spacial score (nSPS) is 11.6. The van der Waals surface area contributed by atoms with E-state index in [9.17, 15) is 4.79 Å². The number of esters is 1. The molecule has 0 heterocycles. The Labute approximate surface area is 549 Å². The quantitative estimate of drug-likeness (QED) is 0.0375. The monoisotopic (exact) mass is 1250 g/mol. The first-order valence-corrected chi connectivity index (χ1v) is 42.0. The van der Waals surface area contributed by atoms with Crippen molar-refractivity contribution in [3.05, 3.63) is 59.7 Å². The van der Waals surface area contributed by atoms with Crippen molar-refractivity contribution in [1.29, 1.82) is 0 Å². The lowest BCUT2D eigenvalue weighted by atomic mass is 10.0. The predicted molar refractivity (Wildman–Crippen MR) is 391 cm³/mol. The summed E-state index contributed by atoms with van der Waals surface area (Å²) in [6.45, 7) is 7.54. The molecule has 0 spiro atoms. The van der Waals surface area contributed by atoms with Crippen molar-refractivity contribution in [3.63, 3.8) is 0 Å². The molecule has 0 unspecified atom stereocenters. The van der Waals surface area contributed by atoms with E-state index in [1.165, 1.54) is 377 Å². The molecule has 506 valence electrons. The van der Waals surface area contributed by atoms with Gasteiger partial charge >= 0.3 is 13.5 Å².